The third-order valence-electron chi connectivity index (χ3n) is 10.2. The van der Waals surface area contributed by atoms with Crippen molar-refractivity contribution < 1.29 is 22.7 Å². The van der Waals surface area contributed by atoms with Crippen LogP contribution in [0.25, 0.3) is 22.8 Å². The monoisotopic (exact) mass is 846 g/mol. The van der Waals surface area contributed by atoms with Gasteiger partial charge in [-0.2, -0.15) is 0 Å². The van der Waals surface area contributed by atoms with Crippen molar-refractivity contribution in [3.05, 3.63) is 184 Å². The Hall–Kier alpha value is -4.13. The van der Waals surface area contributed by atoms with E-state index in [1.807, 2.05) is 17.9 Å². The molecular formula is C47H43OOsP+. The van der Waals surface area contributed by atoms with Crippen LogP contribution >= 0.6 is 7.26 Å². The summed E-state index contributed by atoms with van der Waals surface area (Å²) in [6.45, 7) is 10.3. The molecule has 2 aliphatic rings. The summed E-state index contributed by atoms with van der Waals surface area (Å²) >= 11 is 1.85. The average molecular weight is 845 g/mol. The number of allylic oxidation sites excluding steroid dienone is 5. The van der Waals surface area contributed by atoms with Crippen LogP contribution in [0.3, 0.4) is 0 Å². The molecule has 1 heterocycles. The van der Waals surface area contributed by atoms with Crippen molar-refractivity contribution in [1.82, 2.24) is 0 Å². The number of benzene rings is 5. The molecule has 5 aromatic carbocycles. The molecule has 249 valence electrons. The second-order valence-corrected chi connectivity index (χ2v) is 17.5. The summed E-state index contributed by atoms with van der Waals surface area (Å²) in [5.41, 5.74) is 11.5. The number of hydrogen-bond donors (Lipinski definition) is 0. The van der Waals surface area contributed by atoms with Crippen LogP contribution in [-0.4, -0.2) is 13.2 Å². The molecule has 1 nitrogen and oxygen atoms in total. The molecule has 0 N–H and O–H groups in total. The number of rotatable bonds is 8. The van der Waals surface area contributed by atoms with Crippen LogP contribution in [0, 0.1) is 4.37 Å². The standard InChI is InChI=1S/C47H43OP.Os/c1-6-17-35-25-27-42-43-28-26-36(31-46(43)47(4,5)45(42)29-35)44(30-38-33-48-32-37(38)18-7-2)34(3)49(39-19-11-8-12-20-39,40-21-13-9-14-22-40)41-23-15-10-16-24-41;/h6,8-31H,7,32-33H2,1-2,4-5H3;/q+1;/b17-6+,37-18?,38-30?,44-34?;. The minimum absolute atomic E-state index is 0.146. The first kappa shape index (κ1) is 34.3. The molecule has 7 rings (SSSR count). The van der Waals surface area contributed by atoms with Crippen molar-refractivity contribution in [2.45, 2.75) is 39.5 Å². The number of hydrogen-bond acceptors (Lipinski definition) is 1. The van der Waals surface area contributed by atoms with Crippen LogP contribution in [-0.2, 0) is 28.1 Å². The quantitative estimate of drug-likeness (QED) is 0.141. The molecule has 1 aliphatic carbocycles. The first-order valence-corrected chi connectivity index (χ1v) is 20.6. The molecule has 1 aliphatic heterocycles. The topological polar surface area (TPSA) is 9.23 Å². The zero-order valence-corrected chi connectivity index (χ0v) is 32.7. The molecule has 0 bridgehead atoms. The molecule has 0 radical (unpaired) electrons. The van der Waals surface area contributed by atoms with Gasteiger partial charge in [0.2, 0.25) is 0 Å². The summed E-state index contributed by atoms with van der Waals surface area (Å²) in [4.78, 5) is 0. The molecule has 0 amide bonds. The van der Waals surface area contributed by atoms with Gasteiger partial charge in [0.25, 0.3) is 0 Å². The molecule has 1 fully saturated rings. The first-order chi connectivity index (χ1) is 24.4. The molecule has 0 unspecified atom stereocenters. The van der Waals surface area contributed by atoms with Crippen molar-refractivity contribution >= 4 is 34.8 Å². The van der Waals surface area contributed by atoms with Crippen LogP contribution in [0.4, 0.5) is 0 Å². The predicted octanol–water partition coefficient (Wildman–Crippen LogP) is 10.5. The van der Waals surface area contributed by atoms with Gasteiger partial charge in [0.05, 0.1) is 0 Å². The van der Waals surface area contributed by atoms with E-state index >= 15 is 0 Å². The van der Waals surface area contributed by atoms with Crippen LogP contribution in [0.1, 0.15) is 56.4 Å². The van der Waals surface area contributed by atoms with E-state index in [0.29, 0.717) is 13.2 Å². The summed E-state index contributed by atoms with van der Waals surface area (Å²) in [7, 11) is -2.44. The van der Waals surface area contributed by atoms with Gasteiger partial charge in [-0.15, -0.1) is 0 Å². The molecule has 0 aromatic heterocycles. The van der Waals surface area contributed by atoms with Crippen LogP contribution in [0.5, 0.6) is 0 Å². The van der Waals surface area contributed by atoms with Gasteiger partial charge >= 0.3 is 303 Å². The third kappa shape index (κ3) is 6.00. The van der Waals surface area contributed by atoms with Gasteiger partial charge in [0, 0.05) is 0 Å². The fraction of sp³-hybridized carbons (Fsp3) is 0.170. The Labute approximate surface area is 308 Å². The molecule has 0 atom stereocenters. The van der Waals surface area contributed by atoms with Crippen molar-refractivity contribution in [1.29, 1.82) is 0 Å². The van der Waals surface area contributed by atoms with Gasteiger partial charge in [-0.3, -0.25) is 0 Å². The van der Waals surface area contributed by atoms with Crippen LogP contribution in [0.2, 0.25) is 0 Å². The van der Waals surface area contributed by atoms with E-state index < -0.39 is 7.26 Å². The first-order valence-electron chi connectivity index (χ1n) is 17.5. The second kappa shape index (κ2) is 14.6. The Kier molecular flexibility index (Phi) is 10.0. The van der Waals surface area contributed by atoms with E-state index in [4.69, 9.17) is 4.74 Å². The normalized spacial score (nSPS) is 17.1. The Morgan fingerprint density at radius 3 is 1.82 bits per heavy atom. The molecular weight excluding hydrogens is 802 g/mol. The Morgan fingerprint density at radius 1 is 0.740 bits per heavy atom. The Balaban J connectivity index is 1.59. The maximum atomic E-state index is 6.12. The summed E-state index contributed by atoms with van der Waals surface area (Å²) in [6, 6.07) is 47.6. The number of fused-ring (bicyclic) bond motifs is 3. The zero-order valence-electron chi connectivity index (χ0n) is 29.3. The van der Waals surface area contributed by atoms with Gasteiger partial charge in [0.15, 0.2) is 0 Å². The third-order valence-corrected chi connectivity index (χ3v) is 15.6. The van der Waals surface area contributed by atoms with E-state index in [1.165, 1.54) is 71.3 Å². The van der Waals surface area contributed by atoms with Crippen molar-refractivity contribution in [3.8, 4) is 15.5 Å². The maximum absolute atomic E-state index is 6.12. The second-order valence-electron chi connectivity index (χ2n) is 13.5. The summed E-state index contributed by atoms with van der Waals surface area (Å²) in [5, 5.41) is 5.21. The molecule has 0 spiro atoms. The average Bonchev–Trinajstić information content (AvgIpc) is 3.69. The van der Waals surface area contributed by atoms with Crippen molar-refractivity contribution in [2.75, 3.05) is 13.2 Å². The summed E-state index contributed by atoms with van der Waals surface area (Å²) in [5.74, 6) is 0. The van der Waals surface area contributed by atoms with Gasteiger partial charge in [-0.05, 0) is 6.92 Å². The fourth-order valence-electron chi connectivity index (χ4n) is 7.79. The Bertz CT molecular complexity index is 2100. The molecule has 0 saturated carbocycles. The molecule has 50 heavy (non-hydrogen) atoms. The molecule has 5 aromatic rings. The van der Waals surface area contributed by atoms with E-state index in [1.54, 1.807) is 0 Å². The van der Waals surface area contributed by atoms with E-state index in [-0.39, 0.29) is 5.41 Å². The Morgan fingerprint density at radius 2 is 1.28 bits per heavy atom. The van der Waals surface area contributed by atoms with E-state index in [2.05, 4.69) is 184 Å². The van der Waals surface area contributed by atoms with E-state index in [9.17, 15) is 0 Å². The van der Waals surface area contributed by atoms with Gasteiger partial charge in [0.1, 0.15) is 0 Å². The van der Waals surface area contributed by atoms with Crippen molar-refractivity contribution in [2.24, 2.45) is 0 Å². The van der Waals surface area contributed by atoms with Gasteiger partial charge in [-0.25, -0.2) is 0 Å². The van der Waals surface area contributed by atoms with E-state index in [0.717, 1.165) is 6.42 Å². The molecule has 1 saturated heterocycles. The minimum atomic E-state index is -2.44. The fourth-order valence-corrected chi connectivity index (χ4v) is 13.6. The number of ether oxygens (including phenoxy) is 1. The van der Waals surface area contributed by atoms with Gasteiger partial charge < -0.3 is 0 Å². The van der Waals surface area contributed by atoms with Crippen molar-refractivity contribution in [3.63, 3.8) is 0 Å². The van der Waals surface area contributed by atoms with Crippen LogP contribution < -0.4 is 15.9 Å². The SMILES string of the molecule is C/C=C/c1ccc2c(c1)C(C)(C)c1cc(C(C=C3COCC3=CCC)=C([C]#[Os])[P+](c3ccccc3)(c3ccccc3)c3ccccc3)ccc1-2. The van der Waals surface area contributed by atoms with Crippen LogP contribution in [0.15, 0.2) is 162 Å². The summed E-state index contributed by atoms with van der Waals surface area (Å²) in [6.07, 6.45) is 10.1. The van der Waals surface area contributed by atoms with Gasteiger partial charge in [-0.1, -0.05) is 0 Å². The molecule has 3 heteroatoms. The predicted molar refractivity (Wildman–Crippen MR) is 212 cm³/mol. The summed E-state index contributed by atoms with van der Waals surface area (Å²) < 4.78 is 10.0. The zero-order chi connectivity index (χ0) is 34.7.